The number of nitrogens with two attached hydrogens (primary N) is 1. The fourth-order valence-electron chi connectivity index (χ4n) is 2.04. The van der Waals surface area contributed by atoms with E-state index in [9.17, 15) is 9.59 Å². The van der Waals surface area contributed by atoms with Crippen molar-refractivity contribution in [2.75, 3.05) is 13.1 Å². The second-order valence-electron chi connectivity index (χ2n) is 4.56. The molecule has 1 fully saturated rings. The van der Waals surface area contributed by atoms with E-state index < -0.39 is 0 Å². The largest absolute Gasteiger partial charge is 0.369 e. The minimum Gasteiger partial charge on any atom is -0.369 e. The Balaban J connectivity index is 1.94. The Morgan fingerprint density at radius 3 is 2.58 bits per heavy atom. The molecule has 4 nitrogen and oxygen atoms in total. The molecule has 2 amide bonds. The molecule has 0 aromatic heterocycles. The summed E-state index contributed by atoms with van der Waals surface area (Å²) in [7, 11) is 0. The van der Waals surface area contributed by atoms with Crippen LogP contribution in [0.4, 0.5) is 0 Å². The van der Waals surface area contributed by atoms with E-state index in [4.69, 9.17) is 5.73 Å². The molecule has 1 atom stereocenters. The fourth-order valence-corrected chi connectivity index (χ4v) is 2.30. The molecule has 1 saturated heterocycles. The van der Waals surface area contributed by atoms with E-state index in [2.05, 4.69) is 15.9 Å². The summed E-state index contributed by atoms with van der Waals surface area (Å²) < 4.78 is 1.000. The van der Waals surface area contributed by atoms with Crippen LogP contribution in [0.5, 0.6) is 0 Å². The molecule has 0 bridgehead atoms. The quantitative estimate of drug-likeness (QED) is 0.862. The Hall–Kier alpha value is -1.62. The van der Waals surface area contributed by atoms with Crippen LogP contribution in [-0.2, 0) is 9.59 Å². The molecule has 0 spiro atoms. The predicted molar refractivity (Wildman–Crippen MR) is 77.1 cm³/mol. The van der Waals surface area contributed by atoms with Gasteiger partial charge in [-0.25, -0.2) is 0 Å². The second kappa shape index (κ2) is 6.02. The van der Waals surface area contributed by atoms with Crippen molar-refractivity contribution in [3.05, 3.63) is 40.4 Å². The summed E-state index contributed by atoms with van der Waals surface area (Å²) in [4.78, 5) is 24.6. The molecule has 1 aliphatic rings. The van der Waals surface area contributed by atoms with Gasteiger partial charge in [-0.15, -0.1) is 0 Å². The van der Waals surface area contributed by atoms with Gasteiger partial charge in [-0.3, -0.25) is 9.59 Å². The molecule has 1 aromatic rings. The second-order valence-corrected chi connectivity index (χ2v) is 5.47. The van der Waals surface area contributed by atoms with Crippen molar-refractivity contribution in [1.29, 1.82) is 0 Å². The Kier molecular flexibility index (Phi) is 4.37. The highest BCUT2D eigenvalue weighted by atomic mass is 79.9. The maximum Gasteiger partial charge on any atom is 0.246 e. The van der Waals surface area contributed by atoms with Gasteiger partial charge in [0.15, 0.2) is 0 Å². The Labute approximate surface area is 120 Å². The number of nitrogens with zero attached hydrogens (tertiary/aromatic N) is 1. The van der Waals surface area contributed by atoms with Crippen LogP contribution in [0.1, 0.15) is 12.0 Å². The lowest BCUT2D eigenvalue weighted by atomic mass is 10.1. The van der Waals surface area contributed by atoms with Crippen LogP contribution in [0.2, 0.25) is 0 Å². The lowest BCUT2D eigenvalue weighted by Crippen LogP contribution is -2.30. The number of rotatable bonds is 3. The molecule has 1 heterocycles. The van der Waals surface area contributed by atoms with Crippen molar-refractivity contribution in [2.45, 2.75) is 6.42 Å². The summed E-state index contributed by atoms with van der Waals surface area (Å²) in [6.07, 6.45) is 3.96. The number of carbonyl (C=O) groups excluding carboxylic acids is 2. The number of likely N-dealkylation sites (tertiary alicyclic amines) is 1. The van der Waals surface area contributed by atoms with E-state index in [1.165, 1.54) is 6.08 Å². The molecule has 0 radical (unpaired) electrons. The first-order valence-corrected chi connectivity index (χ1v) is 6.87. The molecule has 1 aliphatic heterocycles. The minimum absolute atomic E-state index is 0.0772. The van der Waals surface area contributed by atoms with Gasteiger partial charge < -0.3 is 10.6 Å². The summed E-state index contributed by atoms with van der Waals surface area (Å²) in [5.41, 5.74) is 6.20. The van der Waals surface area contributed by atoms with Crippen LogP contribution < -0.4 is 5.73 Å². The van der Waals surface area contributed by atoms with Gasteiger partial charge in [0, 0.05) is 23.6 Å². The van der Waals surface area contributed by atoms with Crippen LogP contribution in [0, 0.1) is 5.92 Å². The van der Waals surface area contributed by atoms with Crippen LogP contribution in [0.3, 0.4) is 0 Å². The molecule has 0 unspecified atom stereocenters. The molecule has 1 aromatic carbocycles. The third-order valence-corrected chi connectivity index (χ3v) is 3.72. The Morgan fingerprint density at radius 1 is 1.32 bits per heavy atom. The summed E-state index contributed by atoms with van der Waals surface area (Å²) in [6.45, 7) is 1.02. The average molecular weight is 323 g/mol. The van der Waals surface area contributed by atoms with Gasteiger partial charge in [-0.1, -0.05) is 28.1 Å². The third kappa shape index (κ3) is 3.67. The normalized spacial score (nSPS) is 19.0. The monoisotopic (exact) mass is 322 g/mol. The molecular weight excluding hydrogens is 308 g/mol. The highest BCUT2D eigenvalue weighted by Crippen LogP contribution is 2.16. The van der Waals surface area contributed by atoms with Crippen LogP contribution >= 0.6 is 15.9 Å². The van der Waals surface area contributed by atoms with E-state index in [-0.39, 0.29) is 17.7 Å². The number of primary amides is 1. The van der Waals surface area contributed by atoms with E-state index in [0.717, 1.165) is 10.0 Å². The maximum atomic E-state index is 11.9. The van der Waals surface area contributed by atoms with Crippen molar-refractivity contribution in [3.63, 3.8) is 0 Å². The summed E-state index contributed by atoms with van der Waals surface area (Å²) >= 11 is 3.36. The smallest absolute Gasteiger partial charge is 0.246 e. The molecular formula is C14H15BrN2O2. The van der Waals surface area contributed by atoms with E-state index in [1.54, 1.807) is 11.0 Å². The van der Waals surface area contributed by atoms with E-state index in [1.807, 2.05) is 24.3 Å². The van der Waals surface area contributed by atoms with Crippen molar-refractivity contribution in [2.24, 2.45) is 11.7 Å². The number of hydrogen-bond donors (Lipinski definition) is 1. The molecule has 19 heavy (non-hydrogen) atoms. The summed E-state index contributed by atoms with van der Waals surface area (Å²) in [5, 5.41) is 0. The number of hydrogen-bond acceptors (Lipinski definition) is 2. The average Bonchev–Trinajstić information content (AvgIpc) is 2.87. The van der Waals surface area contributed by atoms with Gasteiger partial charge in [-0.05, 0) is 30.2 Å². The predicted octanol–water partition coefficient (Wildman–Crippen LogP) is 1.80. The highest BCUT2D eigenvalue weighted by Gasteiger charge is 2.28. The molecule has 2 N–H and O–H groups in total. The zero-order chi connectivity index (χ0) is 13.8. The first-order valence-electron chi connectivity index (χ1n) is 6.08. The number of benzene rings is 1. The van der Waals surface area contributed by atoms with Gasteiger partial charge in [0.25, 0.3) is 0 Å². The number of halogens is 1. The van der Waals surface area contributed by atoms with E-state index >= 15 is 0 Å². The zero-order valence-corrected chi connectivity index (χ0v) is 12.0. The number of amides is 2. The van der Waals surface area contributed by atoms with Crippen molar-refractivity contribution >= 4 is 33.8 Å². The van der Waals surface area contributed by atoms with Crippen LogP contribution in [-0.4, -0.2) is 29.8 Å². The molecule has 100 valence electrons. The SMILES string of the molecule is NC(=O)[C@@H]1CCN(C(=O)/C=C\c2ccc(Br)cc2)C1. The number of carbonyl (C=O) groups is 2. The minimum atomic E-state index is -0.327. The highest BCUT2D eigenvalue weighted by molar-refractivity contribution is 9.10. The van der Waals surface area contributed by atoms with Crippen molar-refractivity contribution in [1.82, 2.24) is 4.90 Å². The van der Waals surface area contributed by atoms with Gasteiger partial charge in [-0.2, -0.15) is 0 Å². The first kappa shape index (κ1) is 13.8. The lowest BCUT2D eigenvalue weighted by Gasteiger charge is -2.13. The summed E-state index contributed by atoms with van der Waals surface area (Å²) in [5.74, 6) is -0.608. The molecule has 5 heteroatoms. The molecule has 0 saturated carbocycles. The first-order chi connectivity index (χ1) is 9.06. The zero-order valence-electron chi connectivity index (χ0n) is 10.4. The van der Waals surface area contributed by atoms with Gasteiger partial charge in [0.2, 0.25) is 11.8 Å². The molecule has 0 aliphatic carbocycles. The summed E-state index contributed by atoms with van der Waals surface area (Å²) in [6, 6.07) is 7.68. The Bertz CT molecular complexity index is 511. The third-order valence-electron chi connectivity index (χ3n) is 3.19. The molecule has 2 rings (SSSR count). The van der Waals surface area contributed by atoms with Crippen LogP contribution in [0.15, 0.2) is 34.8 Å². The maximum absolute atomic E-state index is 11.9. The fraction of sp³-hybridized carbons (Fsp3) is 0.286. The standard InChI is InChI=1S/C14H15BrN2O2/c15-12-4-1-10(2-5-12)3-6-13(18)17-8-7-11(9-17)14(16)19/h1-6,11H,7-9H2,(H2,16,19)/b6-3-/t11-/m1/s1. The van der Waals surface area contributed by atoms with Crippen molar-refractivity contribution < 1.29 is 9.59 Å². The van der Waals surface area contributed by atoms with Crippen LogP contribution in [0.25, 0.3) is 6.08 Å². The van der Waals surface area contributed by atoms with Gasteiger partial charge in [0.1, 0.15) is 0 Å². The Morgan fingerprint density at radius 2 is 2.00 bits per heavy atom. The van der Waals surface area contributed by atoms with Gasteiger partial charge in [0.05, 0.1) is 5.92 Å². The lowest BCUT2D eigenvalue weighted by molar-refractivity contribution is -0.125. The topological polar surface area (TPSA) is 63.4 Å². The van der Waals surface area contributed by atoms with Crippen molar-refractivity contribution in [3.8, 4) is 0 Å². The van der Waals surface area contributed by atoms with Gasteiger partial charge >= 0.3 is 0 Å². The van der Waals surface area contributed by atoms with E-state index in [0.29, 0.717) is 19.5 Å².